The summed E-state index contributed by atoms with van der Waals surface area (Å²) in [5.41, 5.74) is 6.84. The standard InChI is InChI=1S/C20H31BrN6O3/c1-5-6-11-29-18-24-15(22)14-16(25-18)27(17(21)23-14)12-13-7-9-26(10-8-13)19(28)30-20(2,3)4/h13H,5-12H2,1-4H3,(H2,22,24,25). The topological polar surface area (TPSA) is 108 Å². The predicted octanol–water partition coefficient (Wildman–Crippen LogP) is 4.00. The molecule has 1 saturated heterocycles. The molecule has 2 aromatic rings. The minimum Gasteiger partial charge on any atom is -0.463 e. The van der Waals surface area contributed by atoms with E-state index in [0.717, 1.165) is 32.2 Å². The van der Waals surface area contributed by atoms with Gasteiger partial charge in [-0.15, -0.1) is 0 Å². The van der Waals surface area contributed by atoms with Gasteiger partial charge in [0.15, 0.2) is 21.7 Å². The van der Waals surface area contributed by atoms with Crippen LogP contribution in [0.1, 0.15) is 53.4 Å². The molecule has 2 N–H and O–H groups in total. The summed E-state index contributed by atoms with van der Waals surface area (Å²) < 4.78 is 13.8. The summed E-state index contributed by atoms with van der Waals surface area (Å²) in [4.78, 5) is 27.3. The van der Waals surface area contributed by atoms with Crippen molar-refractivity contribution in [1.82, 2.24) is 24.4 Å². The molecule has 0 aliphatic carbocycles. The number of carbonyl (C=O) groups excluding carboxylic acids is 1. The van der Waals surface area contributed by atoms with Gasteiger partial charge in [0.25, 0.3) is 0 Å². The van der Waals surface area contributed by atoms with Crippen LogP contribution in [0.15, 0.2) is 4.73 Å². The second-order valence-electron chi connectivity index (χ2n) is 8.67. The summed E-state index contributed by atoms with van der Waals surface area (Å²) in [5, 5.41) is 0. The average molecular weight is 483 g/mol. The van der Waals surface area contributed by atoms with Gasteiger partial charge < -0.3 is 24.7 Å². The molecule has 0 radical (unpaired) electrons. The molecule has 0 atom stereocenters. The van der Waals surface area contributed by atoms with E-state index in [-0.39, 0.29) is 12.1 Å². The van der Waals surface area contributed by atoms with E-state index in [1.54, 1.807) is 4.90 Å². The number of likely N-dealkylation sites (tertiary alicyclic amines) is 1. The number of carbonyl (C=O) groups is 1. The average Bonchev–Trinajstić information content (AvgIpc) is 2.98. The Morgan fingerprint density at radius 1 is 1.23 bits per heavy atom. The lowest BCUT2D eigenvalue weighted by molar-refractivity contribution is 0.0178. The lowest BCUT2D eigenvalue weighted by atomic mass is 9.97. The molecule has 30 heavy (non-hydrogen) atoms. The summed E-state index contributed by atoms with van der Waals surface area (Å²) in [5.74, 6) is 0.698. The van der Waals surface area contributed by atoms with Crippen molar-refractivity contribution in [3.8, 4) is 6.01 Å². The lowest BCUT2D eigenvalue weighted by Gasteiger charge is -2.33. The van der Waals surface area contributed by atoms with Crippen LogP contribution in [0.25, 0.3) is 11.2 Å². The van der Waals surface area contributed by atoms with Crippen LogP contribution in [0, 0.1) is 5.92 Å². The molecule has 0 bridgehead atoms. The predicted molar refractivity (Wildman–Crippen MR) is 118 cm³/mol. The lowest BCUT2D eigenvalue weighted by Crippen LogP contribution is -2.42. The highest BCUT2D eigenvalue weighted by atomic mass is 79.9. The minimum atomic E-state index is -0.481. The molecule has 0 unspecified atom stereocenters. The first kappa shape index (κ1) is 22.6. The van der Waals surface area contributed by atoms with Crippen molar-refractivity contribution in [3.63, 3.8) is 0 Å². The highest BCUT2D eigenvalue weighted by Crippen LogP contribution is 2.28. The van der Waals surface area contributed by atoms with Crippen LogP contribution in [0.2, 0.25) is 0 Å². The van der Waals surface area contributed by atoms with Gasteiger partial charge in [-0.2, -0.15) is 9.97 Å². The van der Waals surface area contributed by atoms with Gasteiger partial charge in [-0.3, -0.25) is 0 Å². The number of unbranched alkanes of at least 4 members (excludes halogenated alkanes) is 1. The fraction of sp³-hybridized carbons (Fsp3) is 0.700. The second-order valence-corrected chi connectivity index (χ2v) is 9.38. The first-order valence-electron chi connectivity index (χ1n) is 10.5. The van der Waals surface area contributed by atoms with Crippen molar-refractivity contribution < 1.29 is 14.3 Å². The molecule has 1 aliphatic rings. The number of piperidine rings is 1. The van der Waals surface area contributed by atoms with Crippen molar-refractivity contribution >= 4 is 39.0 Å². The van der Waals surface area contributed by atoms with Crippen LogP contribution in [0.5, 0.6) is 6.01 Å². The zero-order chi connectivity index (χ0) is 21.9. The van der Waals surface area contributed by atoms with Gasteiger partial charge in [0, 0.05) is 19.6 Å². The molecule has 1 fully saturated rings. The Labute approximate surface area is 185 Å². The van der Waals surface area contributed by atoms with Crippen molar-refractivity contribution in [1.29, 1.82) is 0 Å². The Hall–Kier alpha value is -2.10. The number of nitrogens with two attached hydrogens (primary N) is 1. The summed E-state index contributed by atoms with van der Waals surface area (Å²) in [7, 11) is 0. The number of anilines is 1. The quantitative estimate of drug-likeness (QED) is 0.489. The molecular weight excluding hydrogens is 452 g/mol. The number of hydrogen-bond donors (Lipinski definition) is 1. The number of nitrogen functional groups attached to an aromatic ring is 1. The molecule has 0 aromatic carbocycles. The molecule has 2 aromatic heterocycles. The normalized spacial score (nSPS) is 15.6. The third-order valence-electron chi connectivity index (χ3n) is 4.99. The maximum atomic E-state index is 12.3. The third kappa shape index (κ3) is 5.53. The van der Waals surface area contributed by atoms with Crippen LogP contribution >= 0.6 is 15.9 Å². The molecule has 1 amide bonds. The maximum absolute atomic E-state index is 12.3. The van der Waals surface area contributed by atoms with E-state index < -0.39 is 5.60 Å². The van der Waals surface area contributed by atoms with Gasteiger partial charge in [-0.25, -0.2) is 9.78 Å². The third-order valence-corrected chi connectivity index (χ3v) is 5.60. The molecular formula is C20H31BrN6O3. The Balaban J connectivity index is 1.69. The van der Waals surface area contributed by atoms with E-state index >= 15 is 0 Å². The first-order valence-corrected chi connectivity index (χ1v) is 11.3. The van der Waals surface area contributed by atoms with E-state index in [9.17, 15) is 4.79 Å². The maximum Gasteiger partial charge on any atom is 0.410 e. The minimum absolute atomic E-state index is 0.246. The number of ether oxygens (including phenoxy) is 2. The van der Waals surface area contributed by atoms with Crippen molar-refractivity contribution in [2.45, 2.75) is 65.5 Å². The largest absolute Gasteiger partial charge is 0.463 e. The Bertz CT molecular complexity index is 887. The summed E-state index contributed by atoms with van der Waals surface area (Å²) >= 11 is 3.53. The number of aromatic nitrogens is 4. The number of amides is 1. The molecule has 3 heterocycles. The Kier molecular flexibility index (Phi) is 7.05. The van der Waals surface area contributed by atoms with Crippen LogP contribution in [-0.2, 0) is 11.3 Å². The Morgan fingerprint density at radius 2 is 1.93 bits per heavy atom. The SMILES string of the molecule is CCCCOc1nc(N)c2nc(Br)n(CC3CCN(C(=O)OC(C)(C)C)CC3)c2n1. The highest BCUT2D eigenvalue weighted by Gasteiger charge is 2.28. The second kappa shape index (κ2) is 9.36. The zero-order valence-corrected chi connectivity index (χ0v) is 19.7. The van der Waals surface area contributed by atoms with Gasteiger partial charge in [0.1, 0.15) is 5.60 Å². The van der Waals surface area contributed by atoms with Crippen LogP contribution in [-0.4, -0.2) is 55.8 Å². The van der Waals surface area contributed by atoms with Crippen LogP contribution in [0.3, 0.4) is 0 Å². The number of halogens is 1. The number of fused-ring (bicyclic) bond motifs is 1. The van der Waals surface area contributed by atoms with E-state index in [4.69, 9.17) is 15.2 Å². The number of nitrogens with zero attached hydrogens (tertiary/aromatic N) is 5. The Morgan fingerprint density at radius 3 is 2.57 bits per heavy atom. The van der Waals surface area contributed by atoms with E-state index in [1.807, 2.05) is 25.3 Å². The first-order chi connectivity index (χ1) is 14.2. The summed E-state index contributed by atoms with van der Waals surface area (Å²) in [6.07, 6.45) is 3.48. The van der Waals surface area contributed by atoms with Gasteiger partial charge >= 0.3 is 12.1 Å². The van der Waals surface area contributed by atoms with Gasteiger partial charge in [0.05, 0.1) is 6.61 Å². The van der Waals surface area contributed by atoms with E-state index in [0.29, 0.717) is 47.3 Å². The van der Waals surface area contributed by atoms with E-state index in [2.05, 4.69) is 37.8 Å². The molecule has 1 aliphatic heterocycles. The summed E-state index contributed by atoms with van der Waals surface area (Å²) in [6, 6.07) is 0.279. The van der Waals surface area contributed by atoms with Crippen molar-refractivity contribution in [2.24, 2.45) is 5.92 Å². The van der Waals surface area contributed by atoms with Crippen molar-refractivity contribution in [2.75, 3.05) is 25.4 Å². The van der Waals surface area contributed by atoms with Crippen LogP contribution in [0.4, 0.5) is 10.6 Å². The molecule has 3 rings (SSSR count). The van der Waals surface area contributed by atoms with E-state index in [1.165, 1.54) is 0 Å². The van der Waals surface area contributed by atoms with Crippen molar-refractivity contribution in [3.05, 3.63) is 4.73 Å². The highest BCUT2D eigenvalue weighted by molar-refractivity contribution is 9.10. The molecule has 166 valence electrons. The fourth-order valence-electron chi connectivity index (χ4n) is 3.39. The molecule has 0 spiro atoms. The monoisotopic (exact) mass is 482 g/mol. The molecule has 10 heteroatoms. The zero-order valence-electron chi connectivity index (χ0n) is 18.2. The number of hydrogen-bond acceptors (Lipinski definition) is 7. The number of imidazole rings is 1. The smallest absolute Gasteiger partial charge is 0.410 e. The van der Waals surface area contributed by atoms with Gasteiger partial charge in [0.2, 0.25) is 0 Å². The van der Waals surface area contributed by atoms with Crippen LogP contribution < -0.4 is 10.5 Å². The number of rotatable bonds is 6. The molecule has 0 saturated carbocycles. The van der Waals surface area contributed by atoms with Gasteiger partial charge in [-0.1, -0.05) is 13.3 Å². The van der Waals surface area contributed by atoms with Gasteiger partial charge in [-0.05, 0) is 61.9 Å². The fourth-order valence-corrected chi connectivity index (χ4v) is 3.88. The molecule has 9 nitrogen and oxygen atoms in total. The summed E-state index contributed by atoms with van der Waals surface area (Å²) in [6.45, 7) is 10.4.